The number of benzene rings is 3. The van der Waals surface area contributed by atoms with Crippen molar-refractivity contribution in [2.75, 3.05) is 10.8 Å². The summed E-state index contributed by atoms with van der Waals surface area (Å²) in [6, 6.07) is 14.0. The highest BCUT2D eigenvalue weighted by Crippen LogP contribution is 2.41. The molecule has 0 saturated heterocycles. The van der Waals surface area contributed by atoms with Gasteiger partial charge in [-0.05, 0) is 73.9 Å². The van der Waals surface area contributed by atoms with Crippen molar-refractivity contribution in [3.8, 4) is 16.9 Å². The average Bonchev–Trinajstić information content (AvgIpc) is 2.83. The molecule has 0 amide bonds. The fourth-order valence-electron chi connectivity index (χ4n) is 3.99. The van der Waals surface area contributed by atoms with Gasteiger partial charge in [-0.15, -0.1) is 0 Å². The Bertz CT molecular complexity index is 1370. The Hall–Kier alpha value is -3.30. The monoisotopic (exact) mass is 501 g/mol. The minimum absolute atomic E-state index is 0.00893. The zero-order chi connectivity index (χ0) is 25.3. The molecule has 0 saturated carbocycles. The summed E-state index contributed by atoms with van der Waals surface area (Å²) in [5, 5.41) is 9.49. The van der Waals surface area contributed by atoms with Crippen LogP contribution in [-0.2, 0) is 14.8 Å². The van der Waals surface area contributed by atoms with Crippen LogP contribution in [0.1, 0.15) is 25.3 Å². The molecule has 0 radical (unpaired) electrons. The molecule has 1 N–H and O–H groups in total. The van der Waals surface area contributed by atoms with Crippen molar-refractivity contribution in [1.82, 2.24) is 0 Å². The van der Waals surface area contributed by atoms with Gasteiger partial charge in [0.15, 0.2) is 5.78 Å². The van der Waals surface area contributed by atoms with Crippen molar-refractivity contribution in [2.24, 2.45) is 0 Å². The fourth-order valence-corrected chi connectivity index (χ4v) is 5.60. The Morgan fingerprint density at radius 2 is 1.91 bits per heavy atom. The van der Waals surface area contributed by atoms with E-state index in [-0.39, 0.29) is 52.6 Å². The smallest absolute Gasteiger partial charge is 0.264 e. The summed E-state index contributed by atoms with van der Waals surface area (Å²) >= 11 is 0. The maximum atomic E-state index is 14.4. The number of nitrogens with zero attached hydrogens (tertiary/aromatic N) is 1. The van der Waals surface area contributed by atoms with Crippen molar-refractivity contribution in [3.63, 3.8) is 0 Å². The highest BCUT2D eigenvalue weighted by molar-refractivity contribution is 7.92. The predicted octanol–water partition coefficient (Wildman–Crippen LogP) is 4.63. The molecule has 0 aromatic heterocycles. The molecule has 0 aliphatic carbocycles. The Balaban J connectivity index is 1.78. The normalized spacial score (nSPS) is 16.4. The molecule has 0 unspecified atom stereocenters. The maximum absolute atomic E-state index is 14.4. The van der Waals surface area contributed by atoms with Crippen LogP contribution in [-0.4, -0.2) is 38.1 Å². The molecule has 3 aromatic rings. The van der Waals surface area contributed by atoms with Gasteiger partial charge in [0.25, 0.3) is 10.0 Å². The van der Waals surface area contributed by atoms with Gasteiger partial charge in [0, 0.05) is 12.0 Å². The largest absolute Gasteiger partial charge is 0.486 e. The highest BCUT2D eigenvalue weighted by Gasteiger charge is 2.35. The van der Waals surface area contributed by atoms with Crippen LogP contribution < -0.4 is 9.04 Å². The van der Waals surface area contributed by atoms with Gasteiger partial charge in [-0.2, -0.15) is 0 Å². The van der Waals surface area contributed by atoms with Crippen LogP contribution in [0, 0.1) is 18.6 Å². The zero-order valence-electron chi connectivity index (χ0n) is 19.2. The van der Waals surface area contributed by atoms with Crippen molar-refractivity contribution in [1.29, 1.82) is 0 Å². The van der Waals surface area contributed by atoms with E-state index in [1.54, 1.807) is 25.1 Å². The van der Waals surface area contributed by atoms with Gasteiger partial charge in [-0.3, -0.25) is 9.10 Å². The molecule has 184 valence electrons. The van der Waals surface area contributed by atoms with Crippen LogP contribution in [0.4, 0.5) is 14.5 Å². The Kier molecular flexibility index (Phi) is 6.91. The zero-order valence-corrected chi connectivity index (χ0v) is 20.1. The summed E-state index contributed by atoms with van der Waals surface area (Å²) in [5.74, 6) is -1.40. The number of aliphatic hydroxyl groups excluding tert-OH is 1. The van der Waals surface area contributed by atoms with Crippen LogP contribution in [0.2, 0.25) is 0 Å². The molecule has 6 nitrogen and oxygen atoms in total. The molecule has 2 atom stereocenters. The quantitative estimate of drug-likeness (QED) is 0.511. The van der Waals surface area contributed by atoms with Gasteiger partial charge < -0.3 is 9.84 Å². The maximum Gasteiger partial charge on any atom is 0.264 e. The number of carbonyl (C=O) groups excluding carboxylic acids is 1. The SMILES string of the molecule is Cc1cccc(S(=O)(=O)N2C[C@H](CCC(=O)[C@H](C)O)Oc3ccc(-c4cc(F)ccc4F)cc32)c1. The molecule has 1 aliphatic rings. The van der Waals surface area contributed by atoms with E-state index < -0.39 is 33.9 Å². The van der Waals surface area contributed by atoms with Crippen LogP contribution >= 0.6 is 0 Å². The number of sulfonamides is 1. The number of ether oxygens (including phenoxy) is 1. The number of hydrogen-bond donors (Lipinski definition) is 1. The van der Waals surface area contributed by atoms with E-state index >= 15 is 0 Å². The second-order valence-corrected chi connectivity index (χ2v) is 10.4. The summed E-state index contributed by atoms with van der Waals surface area (Å²) in [6.07, 6.45) is -1.56. The summed E-state index contributed by atoms with van der Waals surface area (Å²) in [4.78, 5) is 12.0. The first-order valence-electron chi connectivity index (χ1n) is 11.1. The number of ketones is 1. The van der Waals surface area contributed by atoms with E-state index in [4.69, 9.17) is 4.74 Å². The van der Waals surface area contributed by atoms with E-state index in [0.717, 1.165) is 23.8 Å². The topological polar surface area (TPSA) is 83.9 Å². The Morgan fingerprint density at radius 1 is 1.14 bits per heavy atom. The summed E-state index contributed by atoms with van der Waals surface area (Å²) in [7, 11) is -4.05. The molecule has 0 fully saturated rings. The Labute approximate surface area is 202 Å². The van der Waals surface area contributed by atoms with Crippen molar-refractivity contribution in [3.05, 3.63) is 77.9 Å². The minimum Gasteiger partial charge on any atom is -0.486 e. The van der Waals surface area contributed by atoms with Crippen molar-refractivity contribution >= 4 is 21.5 Å². The van der Waals surface area contributed by atoms with Gasteiger partial charge in [-0.1, -0.05) is 18.2 Å². The third-order valence-corrected chi connectivity index (χ3v) is 7.66. The van der Waals surface area contributed by atoms with E-state index in [2.05, 4.69) is 0 Å². The lowest BCUT2D eigenvalue weighted by molar-refractivity contribution is -0.126. The standard InChI is InChI=1S/C26H25F2NO5S/c1-16-4-3-5-21(12-16)35(32,33)29-15-20(8-10-25(31)17(2)30)34-26-11-6-18(13-24(26)29)22-14-19(27)7-9-23(22)28/h3-7,9,11-14,17,20,30H,8,10,15H2,1-2H3/t17-,20-/m0/s1. The predicted molar refractivity (Wildman–Crippen MR) is 128 cm³/mol. The number of aliphatic hydroxyl groups is 1. The molecule has 35 heavy (non-hydrogen) atoms. The first kappa shape index (κ1) is 24.8. The van der Waals surface area contributed by atoms with E-state index in [1.165, 1.54) is 35.5 Å². The number of rotatable bonds is 7. The van der Waals surface area contributed by atoms with Crippen LogP contribution in [0.5, 0.6) is 5.75 Å². The molecular formula is C26H25F2NO5S. The number of carbonyl (C=O) groups is 1. The highest BCUT2D eigenvalue weighted by atomic mass is 32.2. The first-order valence-corrected chi connectivity index (χ1v) is 12.6. The van der Waals surface area contributed by atoms with E-state index in [1.807, 2.05) is 0 Å². The molecule has 0 spiro atoms. The van der Waals surface area contributed by atoms with E-state index in [0.29, 0.717) is 0 Å². The molecule has 0 bridgehead atoms. The van der Waals surface area contributed by atoms with E-state index in [9.17, 15) is 27.1 Å². The number of anilines is 1. The lowest BCUT2D eigenvalue weighted by Gasteiger charge is -2.36. The average molecular weight is 502 g/mol. The van der Waals surface area contributed by atoms with Crippen LogP contribution in [0.25, 0.3) is 11.1 Å². The first-order chi connectivity index (χ1) is 16.6. The molecule has 3 aromatic carbocycles. The van der Waals surface area contributed by atoms with Gasteiger partial charge in [0.2, 0.25) is 0 Å². The minimum atomic E-state index is -4.05. The summed E-state index contributed by atoms with van der Waals surface area (Å²) in [5.41, 5.74) is 1.22. The number of halogens is 2. The molecular weight excluding hydrogens is 476 g/mol. The van der Waals surface area contributed by atoms with Gasteiger partial charge in [0.1, 0.15) is 29.6 Å². The number of fused-ring (bicyclic) bond motifs is 1. The number of hydrogen-bond acceptors (Lipinski definition) is 5. The van der Waals surface area contributed by atoms with Crippen LogP contribution in [0.3, 0.4) is 0 Å². The van der Waals surface area contributed by atoms with Crippen LogP contribution in [0.15, 0.2) is 65.6 Å². The molecule has 4 rings (SSSR count). The molecule has 1 heterocycles. The lowest BCUT2D eigenvalue weighted by atomic mass is 10.0. The number of Topliss-reactive ketones (excluding diaryl/α,β-unsaturated/α-hetero) is 1. The number of aryl methyl sites for hydroxylation is 1. The van der Waals surface area contributed by atoms with Gasteiger partial charge >= 0.3 is 0 Å². The Morgan fingerprint density at radius 3 is 2.63 bits per heavy atom. The van der Waals surface area contributed by atoms with Crippen molar-refractivity contribution < 1.29 is 31.8 Å². The lowest BCUT2D eigenvalue weighted by Crippen LogP contribution is -2.44. The molecule has 9 heteroatoms. The molecule has 1 aliphatic heterocycles. The van der Waals surface area contributed by atoms with Gasteiger partial charge in [0.05, 0.1) is 17.1 Å². The summed E-state index contributed by atoms with van der Waals surface area (Å²) in [6.45, 7) is 3.06. The third kappa shape index (κ3) is 5.21. The second-order valence-electron chi connectivity index (χ2n) is 8.58. The van der Waals surface area contributed by atoms with Crippen molar-refractivity contribution in [2.45, 2.75) is 43.8 Å². The summed E-state index contributed by atoms with van der Waals surface area (Å²) < 4.78 is 62.8. The second kappa shape index (κ2) is 9.75. The third-order valence-electron chi connectivity index (χ3n) is 5.89. The fraction of sp³-hybridized carbons (Fsp3) is 0.269. The van der Waals surface area contributed by atoms with Gasteiger partial charge in [-0.25, -0.2) is 17.2 Å².